The lowest BCUT2D eigenvalue weighted by atomic mass is 9.55. The molecule has 6 rings (SSSR count). The fourth-order valence-electron chi connectivity index (χ4n) is 7.96. The van der Waals surface area contributed by atoms with Crippen LogP contribution in [0.1, 0.15) is 63.6 Å². The average Bonchev–Trinajstić information content (AvgIpc) is 3.43. The van der Waals surface area contributed by atoms with Gasteiger partial charge in [0.1, 0.15) is 11.7 Å². The number of carbonyl (C=O) groups excluding carboxylic acids is 1. The summed E-state index contributed by atoms with van der Waals surface area (Å²) in [5.74, 6) is 2.76. The van der Waals surface area contributed by atoms with Gasteiger partial charge in [-0.3, -0.25) is 9.69 Å². The second-order valence-electron chi connectivity index (χ2n) is 11.3. The predicted octanol–water partition coefficient (Wildman–Crippen LogP) is 4.15. The fraction of sp³-hybridized carbons (Fsp3) is 0.741. The van der Waals surface area contributed by atoms with Crippen LogP contribution >= 0.6 is 0 Å². The van der Waals surface area contributed by atoms with E-state index < -0.39 is 5.60 Å². The molecule has 0 N–H and O–H groups in total. The maximum atomic E-state index is 13.4. The van der Waals surface area contributed by atoms with Crippen LogP contribution in [0.25, 0.3) is 0 Å². The Morgan fingerprint density at radius 1 is 1.09 bits per heavy atom. The van der Waals surface area contributed by atoms with Gasteiger partial charge < -0.3 is 18.9 Å². The van der Waals surface area contributed by atoms with Crippen LogP contribution in [0.15, 0.2) is 12.1 Å². The van der Waals surface area contributed by atoms with Crippen molar-refractivity contribution in [3.8, 4) is 11.5 Å². The number of benzene rings is 1. The van der Waals surface area contributed by atoms with Crippen molar-refractivity contribution in [2.75, 3.05) is 27.3 Å². The molecule has 0 unspecified atom stereocenters. The van der Waals surface area contributed by atoms with Crippen LogP contribution in [0.2, 0.25) is 0 Å². The van der Waals surface area contributed by atoms with E-state index in [-0.39, 0.29) is 35.6 Å². The molecule has 1 aromatic carbocycles. The summed E-state index contributed by atoms with van der Waals surface area (Å²) in [6, 6.07) is 4.44. The van der Waals surface area contributed by atoms with Gasteiger partial charge in [-0.25, -0.2) is 0 Å². The van der Waals surface area contributed by atoms with Crippen LogP contribution in [0.5, 0.6) is 11.5 Å². The minimum Gasteiger partial charge on any atom is -0.493 e. The van der Waals surface area contributed by atoms with Gasteiger partial charge in [0.25, 0.3) is 0 Å². The van der Waals surface area contributed by atoms with E-state index in [1.807, 2.05) is 0 Å². The van der Waals surface area contributed by atoms with Gasteiger partial charge in [-0.05, 0) is 75.1 Å². The van der Waals surface area contributed by atoms with Crippen molar-refractivity contribution in [3.05, 3.63) is 23.3 Å². The molecular formula is C27H37NO5. The third kappa shape index (κ3) is 2.95. The molecule has 5 aliphatic rings. The maximum absolute atomic E-state index is 13.4. The van der Waals surface area contributed by atoms with Crippen molar-refractivity contribution in [2.45, 2.75) is 76.2 Å². The molecule has 0 amide bonds. The molecule has 6 nitrogen and oxygen atoms in total. The quantitative estimate of drug-likeness (QED) is 0.502. The average molecular weight is 456 g/mol. The minimum atomic E-state index is -0.403. The zero-order valence-corrected chi connectivity index (χ0v) is 20.6. The highest BCUT2D eigenvalue weighted by Crippen LogP contribution is 2.66. The lowest BCUT2D eigenvalue weighted by Gasteiger charge is -2.50. The van der Waals surface area contributed by atoms with E-state index in [0.29, 0.717) is 11.8 Å². The lowest BCUT2D eigenvalue weighted by Crippen LogP contribution is -2.58. The monoisotopic (exact) mass is 455 g/mol. The summed E-state index contributed by atoms with van der Waals surface area (Å²) in [5, 5.41) is 0. The van der Waals surface area contributed by atoms with Crippen LogP contribution in [0, 0.1) is 23.7 Å². The highest BCUT2D eigenvalue weighted by atomic mass is 16.7. The summed E-state index contributed by atoms with van der Waals surface area (Å²) in [5.41, 5.74) is 2.09. The van der Waals surface area contributed by atoms with Gasteiger partial charge in [0, 0.05) is 31.0 Å². The van der Waals surface area contributed by atoms with Gasteiger partial charge in [0.15, 0.2) is 11.5 Å². The zero-order valence-electron chi connectivity index (χ0n) is 20.6. The van der Waals surface area contributed by atoms with Crippen LogP contribution in [0.4, 0.5) is 0 Å². The van der Waals surface area contributed by atoms with Gasteiger partial charge in [0.05, 0.1) is 25.7 Å². The predicted molar refractivity (Wildman–Crippen MR) is 123 cm³/mol. The van der Waals surface area contributed by atoms with Gasteiger partial charge >= 0.3 is 5.97 Å². The maximum Gasteiger partial charge on any atom is 0.311 e. The zero-order chi connectivity index (χ0) is 23.1. The SMILES string of the molecule is COc1cc2c(cc1OC)[C@H](C)N(C[C@@H]1C(=O)O[C@@]34[C@@H](CC[C@@]5(C)O[C@@H]35)[C@H](C)CC[C@@H]14)CC2. The first kappa shape index (κ1) is 21.7. The highest BCUT2D eigenvalue weighted by Gasteiger charge is 2.77. The van der Waals surface area contributed by atoms with E-state index in [4.69, 9.17) is 18.9 Å². The van der Waals surface area contributed by atoms with Crippen LogP contribution in [0.3, 0.4) is 0 Å². The summed E-state index contributed by atoms with van der Waals surface area (Å²) in [6.07, 6.45) is 5.48. The van der Waals surface area contributed by atoms with E-state index in [1.54, 1.807) is 14.2 Å². The first-order valence-corrected chi connectivity index (χ1v) is 12.7. The molecule has 33 heavy (non-hydrogen) atoms. The number of ether oxygens (including phenoxy) is 4. The smallest absolute Gasteiger partial charge is 0.311 e. The van der Waals surface area contributed by atoms with E-state index >= 15 is 0 Å². The minimum absolute atomic E-state index is 0.00385. The molecule has 3 aliphatic heterocycles. The molecule has 2 aliphatic carbocycles. The van der Waals surface area contributed by atoms with E-state index in [9.17, 15) is 4.79 Å². The molecule has 4 fully saturated rings. The molecule has 3 heterocycles. The van der Waals surface area contributed by atoms with Crippen molar-refractivity contribution in [1.82, 2.24) is 4.90 Å². The largest absolute Gasteiger partial charge is 0.493 e. The number of carbonyl (C=O) groups is 1. The second-order valence-corrected chi connectivity index (χ2v) is 11.3. The van der Waals surface area contributed by atoms with Crippen molar-refractivity contribution in [2.24, 2.45) is 23.7 Å². The van der Waals surface area contributed by atoms with Crippen LogP contribution in [-0.2, 0) is 20.7 Å². The third-order valence-electron chi connectivity index (χ3n) is 9.83. The van der Waals surface area contributed by atoms with Gasteiger partial charge in [-0.1, -0.05) is 6.92 Å². The van der Waals surface area contributed by atoms with Gasteiger partial charge in [-0.2, -0.15) is 0 Å². The van der Waals surface area contributed by atoms with Gasteiger partial charge in [-0.15, -0.1) is 0 Å². The van der Waals surface area contributed by atoms with Crippen LogP contribution < -0.4 is 9.47 Å². The molecule has 0 radical (unpaired) electrons. The Balaban J connectivity index is 1.28. The van der Waals surface area contributed by atoms with Crippen molar-refractivity contribution in [3.63, 3.8) is 0 Å². The number of hydrogen-bond donors (Lipinski definition) is 0. The summed E-state index contributed by atoms with van der Waals surface area (Å²) >= 11 is 0. The molecular weight excluding hydrogens is 418 g/mol. The number of fused-ring (bicyclic) bond motifs is 2. The fourth-order valence-corrected chi connectivity index (χ4v) is 7.96. The topological polar surface area (TPSA) is 60.5 Å². The Bertz CT molecular complexity index is 980. The molecule has 1 spiro atoms. The molecule has 6 heteroatoms. The van der Waals surface area contributed by atoms with Crippen molar-refractivity contribution in [1.29, 1.82) is 0 Å². The highest BCUT2D eigenvalue weighted by molar-refractivity contribution is 5.77. The Morgan fingerprint density at radius 2 is 1.85 bits per heavy atom. The van der Waals surface area contributed by atoms with Crippen molar-refractivity contribution < 1.29 is 23.7 Å². The number of esters is 1. The molecule has 0 bridgehead atoms. The first-order valence-electron chi connectivity index (χ1n) is 12.7. The van der Waals surface area contributed by atoms with E-state index in [1.165, 1.54) is 17.5 Å². The summed E-state index contributed by atoms with van der Waals surface area (Å²) in [6.45, 7) is 8.49. The summed E-state index contributed by atoms with van der Waals surface area (Å²) in [7, 11) is 3.37. The third-order valence-corrected chi connectivity index (χ3v) is 9.83. The number of nitrogens with zero attached hydrogens (tertiary/aromatic N) is 1. The Labute approximate surface area is 196 Å². The number of hydrogen-bond acceptors (Lipinski definition) is 6. The van der Waals surface area contributed by atoms with Crippen molar-refractivity contribution >= 4 is 5.97 Å². The molecule has 2 saturated heterocycles. The molecule has 1 aromatic rings. The molecule has 8 atom stereocenters. The summed E-state index contributed by atoms with van der Waals surface area (Å²) in [4.78, 5) is 15.9. The van der Waals surface area contributed by atoms with E-state index in [2.05, 4.69) is 37.8 Å². The second kappa shape index (κ2) is 7.35. The standard InChI is InChI=1S/C27H37NO5/c1-15-6-7-21-19(24(29)32-27(21)20(15)8-10-26(3)25(27)33-26)14-28-11-9-17-12-22(30-4)23(31-5)13-18(17)16(28)2/h12-13,15-16,19-21,25H,6-11,14H2,1-5H3/t15-,16+,19+,20+,21+,25-,26-,27-/m1/s1. The Kier molecular flexibility index (Phi) is 4.84. The number of methoxy groups -OCH3 is 2. The van der Waals surface area contributed by atoms with Gasteiger partial charge in [0.2, 0.25) is 0 Å². The van der Waals surface area contributed by atoms with E-state index in [0.717, 1.165) is 50.3 Å². The Hall–Kier alpha value is -1.79. The summed E-state index contributed by atoms with van der Waals surface area (Å²) < 4.78 is 23.8. The molecule has 0 aromatic heterocycles. The lowest BCUT2D eigenvalue weighted by molar-refractivity contribution is -0.168. The Morgan fingerprint density at radius 3 is 2.61 bits per heavy atom. The number of rotatable bonds is 4. The normalized spacial score (nSPS) is 43.6. The first-order chi connectivity index (χ1) is 15.8. The number of epoxide rings is 1. The molecule has 180 valence electrons. The van der Waals surface area contributed by atoms with Crippen LogP contribution in [-0.4, -0.2) is 55.5 Å². The molecule has 2 saturated carbocycles.